The van der Waals surface area contributed by atoms with Gasteiger partial charge in [-0.05, 0) is 7.05 Å². The number of anilines is 3. The number of phosphoric acid groups is 4. The van der Waals surface area contributed by atoms with Crippen molar-refractivity contribution in [1.29, 1.82) is 0 Å². The number of hydrogen-bond acceptors (Lipinski definition) is 29. The highest BCUT2D eigenvalue weighted by Crippen LogP contribution is 2.68. The van der Waals surface area contributed by atoms with Crippen molar-refractivity contribution in [3.63, 3.8) is 0 Å². The molecule has 7 unspecified atom stereocenters. The summed E-state index contributed by atoms with van der Waals surface area (Å²) in [5.74, 6) is -0.620. The van der Waals surface area contributed by atoms with Crippen LogP contribution in [0.15, 0.2) is 34.9 Å². The molecule has 39 nitrogen and oxygen atoms in total. The van der Waals surface area contributed by atoms with E-state index in [0.717, 1.165) is 30.7 Å². The van der Waals surface area contributed by atoms with Crippen LogP contribution < -0.4 is 32.9 Å². The summed E-state index contributed by atoms with van der Waals surface area (Å²) in [7, 11) is -19.2. The molecular weight excluding hydrogens is 1120 g/mol. The number of imidazole rings is 3. The molecule has 0 amide bonds. The van der Waals surface area contributed by atoms with Crippen molar-refractivity contribution < 1.29 is 103 Å². The fraction of sp³-hybridized carbons (Fsp3) is 0.559. The number of likely N-dealkylation sites (tertiary alicyclic amines) is 1. The van der Waals surface area contributed by atoms with Gasteiger partial charge in [0.1, 0.15) is 60.2 Å². The molecule has 420 valence electrons. The fourth-order valence-electron chi connectivity index (χ4n) is 9.57. The van der Waals surface area contributed by atoms with Gasteiger partial charge in [-0.1, -0.05) is 4.98 Å². The first-order chi connectivity index (χ1) is 36.1. The predicted octanol–water partition coefficient (Wildman–Crippen LogP) is -4.39. The van der Waals surface area contributed by atoms with Gasteiger partial charge in [-0.3, -0.25) is 56.3 Å². The van der Waals surface area contributed by atoms with Gasteiger partial charge in [-0.2, -0.15) is 13.6 Å². The van der Waals surface area contributed by atoms with Gasteiger partial charge in [-0.15, -0.1) is 0 Å². The van der Waals surface area contributed by atoms with Crippen LogP contribution in [0.4, 0.5) is 17.7 Å². The van der Waals surface area contributed by atoms with Crippen LogP contribution in [-0.2, 0) is 71.0 Å². The number of nitrogens with one attached hydrogen (secondary N) is 2. The first-order valence-electron chi connectivity index (χ1n) is 22.1. The quantitative estimate of drug-likeness (QED) is 0.0269. The smallest absolute Gasteiger partial charge is 0.388 e. The van der Waals surface area contributed by atoms with Crippen LogP contribution in [0.25, 0.3) is 33.5 Å². The summed E-state index contributed by atoms with van der Waals surface area (Å²) in [5, 5.41) is 33.1. The van der Waals surface area contributed by atoms with Crippen molar-refractivity contribution >= 4 is 82.5 Å². The molecule has 4 aliphatic rings. The average molecular weight is 1170 g/mol. The highest BCUT2D eigenvalue weighted by Gasteiger charge is 2.65. The number of aromatic nitrogens is 12. The molecule has 6 aromatic heterocycles. The number of fused-ring (bicyclic) bond motifs is 5. The van der Waals surface area contributed by atoms with Crippen LogP contribution in [0.2, 0.25) is 0 Å². The molecule has 15 N–H and O–H groups in total. The topological polar surface area (TPSA) is 545 Å². The third-order valence-electron chi connectivity index (χ3n) is 12.8. The Morgan fingerprint density at radius 2 is 1.39 bits per heavy atom. The van der Waals surface area contributed by atoms with Crippen molar-refractivity contribution in [3.8, 4) is 0 Å². The maximum absolute atomic E-state index is 13.7. The molecule has 4 fully saturated rings. The summed E-state index contributed by atoms with van der Waals surface area (Å²) in [4.78, 5) is 98.3. The lowest BCUT2D eigenvalue weighted by Crippen LogP contribution is -2.54. The zero-order chi connectivity index (χ0) is 55.5. The predicted molar refractivity (Wildman–Crippen MR) is 248 cm³/mol. The number of nitrogens with zero attached hydrogens (tertiary/aromatic N) is 11. The van der Waals surface area contributed by atoms with E-state index in [1.54, 1.807) is 11.9 Å². The maximum Gasteiger partial charge on any atom is 0.490 e. The molecule has 10 rings (SSSR count). The molecule has 2 bridgehead atoms. The molecule has 0 saturated carbocycles. The third-order valence-corrected chi connectivity index (χ3v) is 18.0. The lowest BCUT2D eigenvalue weighted by Gasteiger charge is -2.34. The van der Waals surface area contributed by atoms with Crippen molar-refractivity contribution in [1.82, 2.24) is 58.5 Å². The number of H-pyrrole nitrogens is 2. The minimum atomic E-state index is -6.19. The Morgan fingerprint density at radius 3 is 2.10 bits per heavy atom. The zero-order valence-corrected chi connectivity index (χ0v) is 43.2. The summed E-state index contributed by atoms with van der Waals surface area (Å²) in [6, 6.07) is -0.887. The van der Waals surface area contributed by atoms with Gasteiger partial charge in [0.15, 0.2) is 41.4 Å². The molecule has 0 aliphatic carbocycles. The molecule has 77 heavy (non-hydrogen) atoms. The van der Waals surface area contributed by atoms with E-state index in [-0.39, 0.29) is 57.8 Å². The van der Waals surface area contributed by atoms with Gasteiger partial charge in [0.2, 0.25) is 17.7 Å². The summed E-state index contributed by atoms with van der Waals surface area (Å²) in [5.41, 5.74) is 14.1. The van der Waals surface area contributed by atoms with Gasteiger partial charge in [0.25, 0.3) is 17.1 Å². The average Bonchev–Trinajstić information content (AvgIpc) is 4.40. The summed E-state index contributed by atoms with van der Waals surface area (Å²) < 4.78 is 111. The van der Waals surface area contributed by atoms with Crippen LogP contribution in [0.3, 0.4) is 0 Å². The molecule has 16 atom stereocenters. The standard InChI is InChI=1S/C34H46N16O23P4/c1-46-6-34(22(53)16(46)29(70-34)50-11-47(2)17-26(50)43-33(37)45-28(17)55)7-67-76(60,61)73-77(62,63)72-75(58,59)66-5-13-20(21(64-3)31(69-13)48-9-40-14-23(35)38-8-39-24(14)48)71-74(56,57)65-4-12-18(51)19(52)30(68-12)49-10-41-15-25(49)42-32(36)44-27(15)54/h8-13,16,18-22,29-31,51-53H,4-7H2,1-3H3,(H11-,35,36,37,38,39,42,43,44,45,54,55,56,57,58,59,60,61,62,63)/p+1/t12-,13-,16?,18?,19+,20?,21+,22-,29-,30-,31-,34-/m1/s1. The summed E-state index contributed by atoms with van der Waals surface area (Å²) in [6.07, 6.45) is -11.2. The molecule has 4 aliphatic heterocycles. The summed E-state index contributed by atoms with van der Waals surface area (Å²) >= 11 is 0. The van der Waals surface area contributed by atoms with Crippen LogP contribution in [-0.4, -0.2) is 188 Å². The zero-order valence-electron chi connectivity index (χ0n) is 39.6. The van der Waals surface area contributed by atoms with Crippen LogP contribution in [0.5, 0.6) is 0 Å². The van der Waals surface area contributed by atoms with E-state index in [4.69, 9.17) is 54.2 Å². The van der Waals surface area contributed by atoms with Gasteiger partial charge >= 0.3 is 36.9 Å². The van der Waals surface area contributed by atoms with Gasteiger partial charge < -0.3 is 71.0 Å². The number of nitrogen functional groups attached to an aromatic ring is 3. The first-order valence-corrected chi connectivity index (χ1v) is 28.1. The number of morpholine rings is 1. The van der Waals surface area contributed by atoms with Crippen molar-refractivity contribution in [2.24, 2.45) is 7.05 Å². The van der Waals surface area contributed by atoms with Gasteiger partial charge in [0, 0.05) is 13.7 Å². The number of likely N-dealkylation sites (N-methyl/N-ethyl adjacent to an activating group) is 1. The number of aromatic amines is 2. The van der Waals surface area contributed by atoms with E-state index in [2.05, 4.69) is 48.5 Å². The number of aliphatic hydroxyl groups is 3. The third kappa shape index (κ3) is 10.3. The van der Waals surface area contributed by atoms with E-state index in [1.165, 1.54) is 27.1 Å². The Kier molecular flexibility index (Phi) is 14.2. The van der Waals surface area contributed by atoms with E-state index in [0.29, 0.717) is 0 Å². The van der Waals surface area contributed by atoms with E-state index < -0.39 is 135 Å². The number of ether oxygens (including phenoxy) is 4. The molecule has 43 heteroatoms. The first kappa shape index (κ1) is 55.2. The van der Waals surface area contributed by atoms with E-state index in [1.807, 2.05) is 0 Å². The molecule has 10 heterocycles. The second kappa shape index (κ2) is 19.9. The number of methoxy groups -OCH3 is 1. The van der Waals surface area contributed by atoms with E-state index >= 15 is 0 Å². The molecular formula is C34H47N16O23P4+. The number of aryl methyl sites for hydroxylation is 1. The molecule has 6 aromatic rings. The fourth-order valence-corrected chi connectivity index (χ4v) is 14.1. The minimum Gasteiger partial charge on any atom is -0.388 e. The highest BCUT2D eigenvalue weighted by molar-refractivity contribution is 7.66. The number of nitrogens with two attached hydrogens (primary N) is 3. The second-order valence-electron chi connectivity index (χ2n) is 17.8. The maximum atomic E-state index is 13.7. The Balaban J connectivity index is 0.814. The van der Waals surface area contributed by atoms with Crippen LogP contribution in [0.1, 0.15) is 18.7 Å². The number of aliphatic hydroxyl groups excluding tert-OH is 3. The lowest BCUT2D eigenvalue weighted by molar-refractivity contribution is -0.748. The molecule has 0 radical (unpaired) electrons. The van der Waals surface area contributed by atoms with Crippen LogP contribution in [0, 0.1) is 0 Å². The van der Waals surface area contributed by atoms with E-state index in [9.17, 15) is 62.7 Å². The minimum absolute atomic E-state index is 0.0183. The Labute approximate surface area is 427 Å². The largest absolute Gasteiger partial charge is 0.490 e. The lowest BCUT2D eigenvalue weighted by atomic mass is 10.0. The second-order valence-corrected chi connectivity index (χ2v) is 23.9. The van der Waals surface area contributed by atoms with Crippen molar-refractivity contribution in [3.05, 3.63) is 46.0 Å². The Bertz CT molecular complexity index is 3600. The van der Waals surface area contributed by atoms with Crippen molar-refractivity contribution in [2.45, 2.75) is 73.1 Å². The number of hydrogen-bond donors (Lipinski definition) is 12. The SMILES string of the molecule is CO[C@H]1C(OP(=O)(O)OC[C@H]2O[C@@H](n3cnc4c(=O)[nH]c(N)nc43)[C@@H](O)C2O)[C@@H](COP(=O)(O)OP(=O)(O)OP(=O)(O)OC[C@@]23CN(C)C([C@H]([n+]4cn(C)c5c(=O)[nH]c(N)nc54)O2)[C@H]3O)O[C@H]1n1cnc2c(N)ncnc21. The molecule has 0 aromatic carbocycles. The van der Waals surface area contributed by atoms with Gasteiger partial charge in [0.05, 0.1) is 45.6 Å². The number of phosphoric ester groups is 3. The molecule has 0 spiro atoms. The van der Waals surface area contributed by atoms with Gasteiger partial charge in [-0.25, -0.2) is 42.8 Å². The van der Waals surface area contributed by atoms with Crippen LogP contribution >= 0.6 is 31.3 Å². The number of rotatable bonds is 19. The normalized spacial score (nSPS) is 31.8. The Hall–Kier alpha value is -5.15. The monoisotopic (exact) mass is 1170 g/mol. The highest BCUT2D eigenvalue weighted by atomic mass is 31.3. The molecule has 4 saturated heterocycles. The van der Waals surface area contributed by atoms with Crippen molar-refractivity contribution in [2.75, 3.05) is 57.7 Å². The Morgan fingerprint density at radius 1 is 0.766 bits per heavy atom. The summed E-state index contributed by atoms with van der Waals surface area (Å²) in [6.45, 7) is -3.37.